The Hall–Kier alpha value is -3.03. The van der Waals surface area contributed by atoms with Gasteiger partial charge in [-0.1, -0.05) is 6.07 Å². The lowest BCUT2D eigenvalue weighted by atomic mass is 9.97. The van der Waals surface area contributed by atoms with Crippen molar-refractivity contribution >= 4 is 17.8 Å². The number of aryl methyl sites for hydroxylation is 1. The Morgan fingerprint density at radius 2 is 1.96 bits per heavy atom. The van der Waals surface area contributed by atoms with Crippen LogP contribution in [0.1, 0.15) is 28.8 Å². The third-order valence-electron chi connectivity index (χ3n) is 4.77. The summed E-state index contributed by atoms with van der Waals surface area (Å²) in [5, 5.41) is 5.54. The van der Waals surface area contributed by atoms with Gasteiger partial charge in [-0.2, -0.15) is 0 Å². The van der Waals surface area contributed by atoms with Gasteiger partial charge in [0.15, 0.2) is 0 Å². The van der Waals surface area contributed by atoms with Crippen molar-refractivity contribution < 1.29 is 14.0 Å². The van der Waals surface area contributed by atoms with Crippen molar-refractivity contribution in [2.24, 2.45) is 5.92 Å². The summed E-state index contributed by atoms with van der Waals surface area (Å²) >= 11 is 0. The average molecular weight is 385 g/mol. The van der Waals surface area contributed by atoms with Crippen LogP contribution in [0.15, 0.2) is 36.7 Å². The number of aromatic nitrogens is 2. The molecule has 1 aliphatic heterocycles. The molecule has 148 valence electrons. The summed E-state index contributed by atoms with van der Waals surface area (Å²) in [6, 6.07) is 6.12. The van der Waals surface area contributed by atoms with Crippen molar-refractivity contribution in [3.63, 3.8) is 0 Å². The molecule has 2 heterocycles. The predicted octanol–water partition coefficient (Wildman–Crippen LogP) is 1.69. The Balaban J connectivity index is 1.42. The maximum atomic E-state index is 13.5. The minimum Gasteiger partial charge on any atom is -0.354 e. The highest BCUT2D eigenvalue weighted by Gasteiger charge is 2.26. The Morgan fingerprint density at radius 1 is 1.21 bits per heavy atom. The van der Waals surface area contributed by atoms with E-state index >= 15 is 0 Å². The highest BCUT2D eigenvalue weighted by Crippen LogP contribution is 2.20. The number of halogens is 1. The second-order valence-electron chi connectivity index (χ2n) is 6.84. The van der Waals surface area contributed by atoms with Crippen molar-refractivity contribution in [3.8, 4) is 0 Å². The molecule has 1 fully saturated rings. The lowest BCUT2D eigenvalue weighted by molar-refractivity contribution is -0.125. The summed E-state index contributed by atoms with van der Waals surface area (Å²) in [6.07, 6.45) is 5.08. The molecule has 2 N–H and O–H groups in total. The Labute approximate surface area is 163 Å². The predicted molar refractivity (Wildman–Crippen MR) is 103 cm³/mol. The quantitative estimate of drug-likeness (QED) is 0.739. The zero-order valence-electron chi connectivity index (χ0n) is 15.8. The summed E-state index contributed by atoms with van der Waals surface area (Å²) in [4.78, 5) is 35.0. The van der Waals surface area contributed by atoms with Gasteiger partial charge in [0, 0.05) is 44.1 Å². The summed E-state index contributed by atoms with van der Waals surface area (Å²) in [5.41, 5.74) is 0.756. The van der Waals surface area contributed by atoms with Gasteiger partial charge in [-0.15, -0.1) is 0 Å². The van der Waals surface area contributed by atoms with Crippen LogP contribution in [0.5, 0.6) is 0 Å². The normalized spacial score (nSPS) is 16.5. The third-order valence-corrected chi connectivity index (χ3v) is 4.77. The molecular formula is C20H24FN5O2. The van der Waals surface area contributed by atoms with E-state index in [9.17, 15) is 14.0 Å². The smallest absolute Gasteiger partial charge is 0.251 e. The van der Waals surface area contributed by atoms with Crippen LogP contribution < -0.4 is 15.5 Å². The number of anilines is 1. The largest absolute Gasteiger partial charge is 0.354 e. The highest BCUT2D eigenvalue weighted by molar-refractivity contribution is 5.94. The molecule has 3 rings (SSSR count). The number of rotatable bonds is 6. The van der Waals surface area contributed by atoms with Crippen LogP contribution in [0.2, 0.25) is 0 Å². The molecule has 8 heteroatoms. The van der Waals surface area contributed by atoms with Crippen molar-refractivity contribution in [1.82, 2.24) is 20.6 Å². The van der Waals surface area contributed by atoms with Crippen LogP contribution in [0.25, 0.3) is 0 Å². The van der Waals surface area contributed by atoms with Crippen molar-refractivity contribution in [1.29, 1.82) is 0 Å². The molecule has 2 aromatic rings. The van der Waals surface area contributed by atoms with E-state index in [1.54, 1.807) is 37.5 Å². The third kappa shape index (κ3) is 5.03. The van der Waals surface area contributed by atoms with Gasteiger partial charge in [-0.05, 0) is 43.5 Å². The molecule has 0 saturated carbocycles. The van der Waals surface area contributed by atoms with Crippen LogP contribution in [-0.4, -0.2) is 48.0 Å². The highest BCUT2D eigenvalue weighted by atomic mass is 19.1. The standard InChI is InChI=1S/C20H24FN5O2/c1-14-5-6-15(12-17(14)21)18(27)22-9-10-23-19(28)16-4-2-11-26(13-16)20-24-7-3-8-25-20/h3,5-8,12,16H,2,4,9-11,13H2,1H3,(H,22,27)(H,23,28). The molecule has 1 unspecified atom stereocenters. The van der Waals surface area contributed by atoms with Crippen LogP contribution in [0.3, 0.4) is 0 Å². The van der Waals surface area contributed by atoms with Gasteiger partial charge in [-0.3, -0.25) is 9.59 Å². The van der Waals surface area contributed by atoms with Gasteiger partial charge in [0.05, 0.1) is 5.92 Å². The number of nitrogens with zero attached hydrogens (tertiary/aromatic N) is 3. The molecule has 1 aromatic carbocycles. The summed E-state index contributed by atoms with van der Waals surface area (Å²) in [7, 11) is 0. The number of nitrogens with one attached hydrogen (secondary N) is 2. The zero-order valence-corrected chi connectivity index (χ0v) is 15.8. The molecular weight excluding hydrogens is 361 g/mol. The molecule has 1 aliphatic rings. The van der Waals surface area contributed by atoms with E-state index in [2.05, 4.69) is 20.6 Å². The molecule has 1 atom stereocenters. The van der Waals surface area contributed by atoms with Crippen molar-refractivity contribution in [3.05, 3.63) is 53.6 Å². The molecule has 28 heavy (non-hydrogen) atoms. The monoisotopic (exact) mass is 385 g/mol. The minimum atomic E-state index is -0.412. The maximum Gasteiger partial charge on any atom is 0.251 e. The van der Waals surface area contributed by atoms with Crippen molar-refractivity contribution in [2.75, 3.05) is 31.1 Å². The van der Waals surface area contributed by atoms with E-state index in [1.165, 1.54) is 6.07 Å². The van der Waals surface area contributed by atoms with Crippen LogP contribution >= 0.6 is 0 Å². The van der Waals surface area contributed by atoms with Gasteiger partial charge >= 0.3 is 0 Å². The maximum absolute atomic E-state index is 13.5. The molecule has 7 nitrogen and oxygen atoms in total. The Bertz CT molecular complexity index is 831. The van der Waals surface area contributed by atoms with Gasteiger partial charge in [0.25, 0.3) is 5.91 Å². The van der Waals surface area contributed by atoms with Gasteiger partial charge < -0.3 is 15.5 Å². The number of carbonyl (C=O) groups is 2. The SMILES string of the molecule is Cc1ccc(C(=O)NCCNC(=O)C2CCCN(c3ncccn3)C2)cc1F. The Morgan fingerprint density at radius 3 is 2.71 bits per heavy atom. The number of carbonyl (C=O) groups excluding carboxylic acids is 2. The first-order valence-corrected chi connectivity index (χ1v) is 9.38. The van der Waals surface area contributed by atoms with Crippen LogP contribution in [0.4, 0.5) is 10.3 Å². The van der Waals surface area contributed by atoms with E-state index in [-0.39, 0.29) is 29.8 Å². The van der Waals surface area contributed by atoms with E-state index < -0.39 is 5.82 Å². The number of amides is 2. The molecule has 0 bridgehead atoms. The molecule has 2 amide bonds. The van der Waals surface area contributed by atoms with Crippen molar-refractivity contribution in [2.45, 2.75) is 19.8 Å². The van der Waals surface area contributed by atoms with Gasteiger partial charge in [0.1, 0.15) is 5.82 Å². The summed E-state index contributed by atoms with van der Waals surface area (Å²) in [5.74, 6) is -0.322. The summed E-state index contributed by atoms with van der Waals surface area (Å²) < 4.78 is 13.5. The van der Waals surface area contributed by atoms with E-state index in [1.807, 2.05) is 4.90 Å². The number of piperidine rings is 1. The number of hydrogen-bond acceptors (Lipinski definition) is 5. The lowest BCUT2D eigenvalue weighted by Crippen LogP contribution is -2.45. The number of benzene rings is 1. The zero-order chi connectivity index (χ0) is 19.9. The molecule has 0 spiro atoms. The second kappa shape index (κ2) is 9.25. The first-order valence-electron chi connectivity index (χ1n) is 9.38. The fourth-order valence-electron chi connectivity index (χ4n) is 3.17. The minimum absolute atomic E-state index is 0.0451. The van der Waals surface area contributed by atoms with Gasteiger partial charge in [-0.25, -0.2) is 14.4 Å². The van der Waals surface area contributed by atoms with E-state index in [0.717, 1.165) is 19.4 Å². The van der Waals surface area contributed by atoms with Gasteiger partial charge in [0.2, 0.25) is 11.9 Å². The average Bonchev–Trinajstić information content (AvgIpc) is 2.73. The van der Waals surface area contributed by atoms with Crippen LogP contribution in [-0.2, 0) is 4.79 Å². The molecule has 1 aromatic heterocycles. The topological polar surface area (TPSA) is 87.2 Å². The van der Waals surface area contributed by atoms with E-state index in [4.69, 9.17) is 0 Å². The first kappa shape index (κ1) is 19.7. The number of hydrogen-bond donors (Lipinski definition) is 2. The fraction of sp³-hybridized carbons (Fsp3) is 0.400. The van der Waals surface area contributed by atoms with E-state index in [0.29, 0.717) is 24.6 Å². The fourth-order valence-corrected chi connectivity index (χ4v) is 3.17. The molecule has 1 saturated heterocycles. The summed E-state index contributed by atoms with van der Waals surface area (Å²) in [6.45, 7) is 3.64. The second-order valence-corrected chi connectivity index (χ2v) is 6.84. The molecule has 0 aliphatic carbocycles. The van der Waals surface area contributed by atoms with Crippen LogP contribution in [0, 0.1) is 18.7 Å². The lowest BCUT2D eigenvalue weighted by Gasteiger charge is -2.31. The first-order chi connectivity index (χ1) is 13.5. The Kier molecular flexibility index (Phi) is 6.52. The molecule has 0 radical (unpaired) electrons.